The van der Waals surface area contributed by atoms with Crippen molar-refractivity contribution in [3.05, 3.63) is 34.9 Å². The van der Waals surface area contributed by atoms with Crippen molar-refractivity contribution >= 4 is 23.7 Å². The highest BCUT2D eigenvalue weighted by Crippen LogP contribution is 2.35. The van der Waals surface area contributed by atoms with Gasteiger partial charge in [0.05, 0.1) is 5.92 Å². The SMILES string of the molecule is O=C1/C=C\C(=O)O[C@@H]2C(O1)[C@@H](COC(=O)C1CCC1)O[C@H]2n1ccc(NO)nc1=O. The summed E-state index contributed by atoms with van der Waals surface area (Å²) in [6.07, 6.45) is 1.07. The van der Waals surface area contributed by atoms with Gasteiger partial charge in [0.2, 0.25) is 0 Å². The largest absolute Gasteiger partial charge is 0.463 e. The van der Waals surface area contributed by atoms with E-state index in [1.165, 1.54) is 12.3 Å². The molecule has 2 aliphatic heterocycles. The van der Waals surface area contributed by atoms with Gasteiger partial charge in [-0.2, -0.15) is 4.98 Å². The van der Waals surface area contributed by atoms with Crippen molar-refractivity contribution < 1.29 is 38.5 Å². The van der Waals surface area contributed by atoms with Crippen LogP contribution in [0.4, 0.5) is 5.82 Å². The summed E-state index contributed by atoms with van der Waals surface area (Å²) >= 11 is 0. The highest BCUT2D eigenvalue weighted by atomic mass is 16.7. The number of nitrogens with one attached hydrogen (secondary N) is 1. The molecule has 30 heavy (non-hydrogen) atoms. The molecule has 0 aromatic carbocycles. The molecule has 1 aromatic heterocycles. The van der Waals surface area contributed by atoms with Crippen LogP contribution in [-0.4, -0.2) is 57.6 Å². The van der Waals surface area contributed by atoms with Crippen LogP contribution in [0.1, 0.15) is 25.5 Å². The van der Waals surface area contributed by atoms with E-state index in [0.717, 1.165) is 36.0 Å². The van der Waals surface area contributed by atoms with Gasteiger partial charge in [-0.25, -0.2) is 14.4 Å². The monoisotopic (exact) mass is 421 g/mol. The van der Waals surface area contributed by atoms with Crippen LogP contribution in [0.25, 0.3) is 0 Å². The minimum absolute atomic E-state index is 0.0965. The summed E-state index contributed by atoms with van der Waals surface area (Å²) < 4.78 is 22.8. The van der Waals surface area contributed by atoms with Crippen LogP contribution in [0.3, 0.4) is 0 Å². The average Bonchev–Trinajstić information content (AvgIpc) is 2.98. The van der Waals surface area contributed by atoms with Gasteiger partial charge in [-0.05, 0) is 18.9 Å². The molecule has 1 aromatic rings. The molecule has 0 amide bonds. The Kier molecular flexibility index (Phi) is 5.50. The maximum Gasteiger partial charge on any atom is 0.351 e. The maximum atomic E-state index is 12.3. The van der Waals surface area contributed by atoms with Gasteiger partial charge in [0.15, 0.2) is 24.3 Å². The summed E-state index contributed by atoms with van der Waals surface area (Å²) in [6.45, 7) is -0.250. The molecule has 12 heteroatoms. The predicted molar refractivity (Wildman–Crippen MR) is 95.0 cm³/mol. The standard InChI is InChI=1S/C18H19N3O9/c22-12-4-5-13(23)30-15-14(29-12)10(8-27-17(24)9-2-1-3-9)28-16(15)21-7-6-11(20-26)19-18(21)25/h4-7,9-10,14-16,26H,1-3,8H2,(H,19,20,25)/b5-4-/t10-,14?,15-,16-/m1/s1. The van der Waals surface area contributed by atoms with E-state index in [-0.39, 0.29) is 24.3 Å². The average molecular weight is 421 g/mol. The molecular weight excluding hydrogens is 402 g/mol. The van der Waals surface area contributed by atoms with E-state index in [1.54, 1.807) is 5.48 Å². The lowest BCUT2D eigenvalue weighted by atomic mass is 9.86. The number of esters is 3. The normalized spacial score (nSPS) is 29.5. The van der Waals surface area contributed by atoms with Gasteiger partial charge in [-0.3, -0.25) is 20.0 Å². The lowest BCUT2D eigenvalue weighted by Crippen LogP contribution is -2.43. The summed E-state index contributed by atoms with van der Waals surface area (Å²) in [5.74, 6) is -2.26. The predicted octanol–water partition coefficient (Wildman–Crippen LogP) is -0.322. The van der Waals surface area contributed by atoms with Crippen LogP contribution < -0.4 is 11.2 Å². The number of carbonyl (C=O) groups is 3. The van der Waals surface area contributed by atoms with E-state index in [1.807, 2.05) is 0 Å². The van der Waals surface area contributed by atoms with Crippen molar-refractivity contribution in [3.8, 4) is 0 Å². The van der Waals surface area contributed by atoms with Crippen molar-refractivity contribution in [1.82, 2.24) is 9.55 Å². The molecule has 3 aliphatic rings. The lowest BCUT2D eigenvalue weighted by Gasteiger charge is -2.26. The zero-order valence-electron chi connectivity index (χ0n) is 15.6. The van der Waals surface area contributed by atoms with E-state index < -0.39 is 42.2 Å². The first kappa shape index (κ1) is 20.0. The van der Waals surface area contributed by atoms with E-state index in [4.69, 9.17) is 24.2 Å². The second-order valence-electron chi connectivity index (χ2n) is 7.07. The topological polar surface area (TPSA) is 155 Å². The van der Waals surface area contributed by atoms with Crippen LogP contribution >= 0.6 is 0 Å². The van der Waals surface area contributed by atoms with Crippen molar-refractivity contribution in [2.45, 2.75) is 43.8 Å². The van der Waals surface area contributed by atoms with Crippen LogP contribution in [-0.2, 0) is 33.3 Å². The number of ether oxygens (including phenoxy) is 4. The van der Waals surface area contributed by atoms with Crippen molar-refractivity contribution in [1.29, 1.82) is 0 Å². The minimum Gasteiger partial charge on any atom is -0.463 e. The van der Waals surface area contributed by atoms with Crippen molar-refractivity contribution in [3.63, 3.8) is 0 Å². The van der Waals surface area contributed by atoms with E-state index in [0.29, 0.717) is 0 Å². The molecule has 1 aliphatic carbocycles. The van der Waals surface area contributed by atoms with Gasteiger partial charge in [-0.1, -0.05) is 6.42 Å². The number of hydrogen-bond acceptors (Lipinski definition) is 11. The molecule has 12 nitrogen and oxygen atoms in total. The van der Waals surface area contributed by atoms with Gasteiger partial charge in [-0.15, -0.1) is 0 Å². The molecule has 160 valence electrons. The number of hydrogen-bond donors (Lipinski definition) is 2. The molecule has 1 unspecified atom stereocenters. The Hall–Kier alpha value is -3.25. The summed E-state index contributed by atoms with van der Waals surface area (Å²) in [6, 6.07) is 1.29. The number of carbonyl (C=O) groups excluding carboxylic acids is 3. The smallest absolute Gasteiger partial charge is 0.351 e. The van der Waals surface area contributed by atoms with Crippen LogP contribution in [0, 0.1) is 5.92 Å². The molecule has 2 N–H and O–H groups in total. The highest BCUT2D eigenvalue weighted by Gasteiger charge is 2.51. The third kappa shape index (κ3) is 3.91. The molecule has 1 saturated heterocycles. The van der Waals surface area contributed by atoms with E-state index in [9.17, 15) is 19.2 Å². The zero-order valence-corrected chi connectivity index (χ0v) is 15.6. The Bertz CT molecular complexity index is 939. The number of rotatable bonds is 5. The molecular formula is C18H19N3O9. The Morgan fingerprint density at radius 2 is 1.90 bits per heavy atom. The Morgan fingerprint density at radius 3 is 2.50 bits per heavy atom. The molecule has 0 bridgehead atoms. The first-order valence-electron chi connectivity index (χ1n) is 9.37. The molecule has 4 atom stereocenters. The third-order valence-electron chi connectivity index (χ3n) is 5.19. The summed E-state index contributed by atoms with van der Waals surface area (Å²) in [5.41, 5.74) is 0.935. The fourth-order valence-electron chi connectivity index (χ4n) is 3.41. The van der Waals surface area contributed by atoms with Gasteiger partial charge in [0, 0.05) is 18.3 Å². The van der Waals surface area contributed by atoms with Gasteiger partial charge in [0.25, 0.3) is 0 Å². The number of fused-ring (bicyclic) bond motifs is 1. The number of nitrogens with zero attached hydrogens (tertiary/aromatic N) is 2. The van der Waals surface area contributed by atoms with Gasteiger partial charge in [0.1, 0.15) is 12.7 Å². The van der Waals surface area contributed by atoms with Crippen molar-refractivity contribution in [2.24, 2.45) is 5.92 Å². The summed E-state index contributed by atoms with van der Waals surface area (Å²) in [7, 11) is 0. The second kappa shape index (κ2) is 8.24. The van der Waals surface area contributed by atoms with E-state index >= 15 is 0 Å². The first-order valence-corrected chi connectivity index (χ1v) is 9.37. The quantitative estimate of drug-likeness (QED) is 0.365. The highest BCUT2D eigenvalue weighted by molar-refractivity contribution is 5.92. The Morgan fingerprint density at radius 1 is 1.20 bits per heavy atom. The zero-order chi connectivity index (χ0) is 21.3. The van der Waals surface area contributed by atoms with Crippen molar-refractivity contribution in [2.75, 3.05) is 12.1 Å². The van der Waals surface area contributed by atoms with Gasteiger partial charge < -0.3 is 18.9 Å². The minimum atomic E-state index is -1.20. The van der Waals surface area contributed by atoms with Crippen LogP contribution in [0.5, 0.6) is 0 Å². The molecule has 4 rings (SSSR count). The van der Waals surface area contributed by atoms with Crippen LogP contribution in [0.2, 0.25) is 0 Å². The van der Waals surface area contributed by atoms with Crippen LogP contribution in [0.15, 0.2) is 29.2 Å². The second-order valence-corrected chi connectivity index (χ2v) is 7.07. The summed E-state index contributed by atoms with van der Waals surface area (Å²) in [4.78, 5) is 52.0. The van der Waals surface area contributed by atoms with Gasteiger partial charge >= 0.3 is 23.6 Å². The molecule has 3 heterocycles. The lowest BCUT2D eigenvalue weighted by molar-refractivity contribution is -0.166. The molecule has 1 saturated carbocycles. The first-order chi connectivity index (χ1) is 14.5. The fourth-order valence-corrected chi connectivity index (χ4v) is 3.41. The summed E-state index contributed by atoms with van der Waals surface area (Å²) in [5, 5.41) is 8.90. The Labute approximate surface area is 169 Å². The Balaban J connectivity index is 1.60. The van der Waals surface area contributed by atoms with E-state index in [2.05, 4.69) is 4.98 Å². The fraction of sp³-hybridized carbons (Fsp3) is 0.500. The molecule has 0 radical (unpaired) electrons. The third-order valence-corrected chi connectivity index (χ3v) is 5.19. The number of aromatic nitrogens is 2. The molecule has 2 fully saturated rings. The molecule has 0 spiro atoms. The maximum absolute atomic E-state index is 12.3. The number of anilines is 1.